The highest BCUT2D eigenvalue weighted by molar-refractivity contribution is 8.01. The van der Waals surface area contributed by atoms with Gasteiger partial charge in [0.15, 0.2) is 4.34 Å². The lowest BCUT2D eigenvalue weighted by Gasteiger charge is -2.04. The molecule has 0 aliphatic carbocycles. The predicted octanol–water partition coefficient (Wildman–Crippen LogP) is 4.21. The second kappa shape index (κ2) is 7.37. The van der Waals surface area contributed by atoms with E-state index in [-0.39, 0.29) is 5.82 Å². The van der Waals surface area contributed by atoms with E-state index < -0.39 is 6.03 Å². The molecule has 0 aliphatic heterocycles. The number of urea groups is 1. The fourth-order valence-electron chi connectivity index (χ4n) is 1.36. The summed E-state index contributed by atoms with van der Waals surface area (Å²) in [6.07, 6.45) is 1.04. The number of carbonyl (C=O) groups is 1. The van der Waals surface area contributed by atoms with Gasteiger partial charge in [-0.15, -0.1) is 10.2 Å². The first kappa shape index (κ1) is 15.7. The summed E-state index contributed by atoms with van der Waals surface area (Å²) in [5.41, 5.74) is 0.507. The fraction of sp³-hybridized carbons (Fsp3) is 0.308. The number of anilines is 2. The third kappa shape index (κ3) is 4.98. The molecule has 5 nitrogen and oxygen atoms in total. The molecule has 0 radical (unpaired) electrons. The van der Waals surface area contributed by atoms with Crippen LogP contribution in [0.25, 0.3) is 0 Å². The summed E-state index contributed by atoms with van der Waals surface area (Å²) in [4.78, 5) is 11.8. The van der Waals surface area contributed by atoms with Gasteiger partial charge < -0.3 is 5.32 Å². The standard InChI is InChI=1S/C13H15FN4OS2/c1-3-8(2)20-13-18-17-12(21-13)16-11(19)15-10-6-4-9(14)5-7-10/h4-8H,3H2,1-2H3,(H2,15,16,17,19)/t8-/m1/s1. The smallest absolute Gasteiger partial charge is 0.308 e. The summed E-state index contributed by atoms with van der Waals surface area (Å²) in [6, 6.07) is 5.10. The molecule has 2 rings (SSSR count). The molecule has 2 amide bonds. The van der Waals surface area contributed by atoms with Gasteiger partial charge in [0.05, 0.1) is 0 Å². The number of halogens is 1. The van der Waals surface area contributed by atoms with E-state index in [0.29, 0.717) is 16.1 Å². The van der Waals surface area contributed by atoms with Crippen LogP contribution in [0.4, 0.5) is 20.0 Å². The van der Waals surface area contributed by atoms with E-state index in [1.54, 1.807) is 11.8 Å². The number of hydrogen-bond donors (Lipinski definition) is 2. The second-order valence-corrected chi connectivity index (χ2v) is 6.96. The van der Waals surface area contributed by atoms with Gasteiger partial charge in [0.25, 0.3) is 0 Å². The summed E-state index contributed by atoms with van der Waals surface area (Å²) in [5, 5.41) is 14.0. The van der Waals surface area contributed by atoms with Crippen LogP contribution in [0, 0.1) is 5.82 Å². The van der Waals surface area contributed by atoms with Crippen LogP contribution in [0.5, 0.6) is 0 Å². The highest BCUT2D eigenvalue weighted by atomic mass is 32.2. The first-order valence-electron chi connectivity index (χ1n) is 6.40. The summed E-state index contributed by atoms with van der Waals surface area (Å²) >= 11 is 2.96. The normalized spacial score (nSPS) is 12.0. The molecule has 1 aromatic carbocycles. The summed E-state index contributed by atoms with van der Waals surface area (Å²) < 4.78 is 13.6. The number of carbonyl (C=O) groups excluding carboxylic acids is 1. The molecule has 0 bridgehead atoms. The molecule has 1 heterocycles. The molecule has 0 aliphatic rings. The quantitative estimate of drug-likeness (QED) is 0.638. The monoisotopic (exact) mass is 326 g/mol. The van der Waals surface area contributed by atoms with E-state index in [9.17, 15) is 9.18 Å². The predicted molar refractivity (Wildman–Crippen MR) is 84.6 cm³/mol. The Bertz CT molecular complexity index is 602. The molecule has 2 N–H and O–H groups in total. The minimum atomic E-state index is -0.433. The Balaban J connectivity index is 1.89. The zero-order valence-electron chi connectivity index (χ0n) is 11.6. The Morgan fingerprint density at radius 2 is 2.05 bits per heavy atom. The number of benzene rings is 1. The molecule has 21 heavy (non-hydrogen) atoms. The van der Waals surface area contributed by atoms with Crippen LogP contribution < -0.4 is 10.6 Å². The Kier molecular flexibility index (Phi) is 5.51. The lowest BCUT2D eigenvalue weighted by molar-refractivity contribution is 0.262. The number of nitrogens with zero attached hydrogens (tertiary/aromatic N) is 2. The molecule has 1 atom stereocenters. The van der Waals surface area contributed by atoms with Crippen molar-refractivity contribution in [2.45, 2.75) is 29.9 Å². The van der Waals surface area contributed by atoms with Crippen molar-refractivity contribution < 1.29 is 9.18 Å². The molecular weight excluding hydrogens is 311 g/mol. The van der Waals surface area contributed by atoms with Crippen molar-refractivity contribution in [3.05, 3.63) is 30.1 Å². The highest BCUT2D eigenvalue weighted by Crippen LogP contribution is 2.29. The van der Waals surface area contributed by atoms with E-state index in [0.717, 1.165) is 10.8 Å². The summed E-state index contributed by atoms with van der Waals surface area (Å²) in [5.74, 6) is -0.350. The van der Waals surface area contributed by atoms with E-state index in [4.69, 9.17) is 0 Å². The first-order valence-corrected chi connectivity index (χ1v) is 8.10. The molecule has 8 heteroatoms. The minimum absolute atomic E-state index is 0.350. The van der Waals surface area contributed by atoms with Crippen molar-refractivity contribution in [1.29, 1.82) is 0 Å². The van der Waals surface area contributed by atoms with Gasteiger partial charge in [0.1, 0.15) is 5.82 Å². The van der Waals surface area contributed by atoms with E-state index in [1.807, 2.05) is 0 Å². The van der Waals surface area contributed by atoms with Gasteiger partial charge in [-0.1, -0.05) is 36.9 Å². The number of aromatic nitrogens is 2. The molecule has 0 saturated carbocycles. The number of thioether (sulfide) groups is 1. The fourth-order valence-corrected chi connectivity index (χ4v) is 3.35. The summed E-state index contributed by atoms with van der Waals surface area (Å²) in [6.45, 7) is 4.22. The Hall–Kier alpha value is -1.67. The van der Waals surface area contributed by atoms with Gasteiger partial charge in [-0.3, -0.25) is 5.32 Å². The van der Waals surface area contributed by atoms with Crippen LogP contribution in [-0.4, -0.2) is 21.5 Å². The lowest BCUT2D eigenvalue weighted by Crippen LogP contribution is -2.19. The second-order valence-electron chi connectivity index (χ2n) is 4.30. The van der Waals surface area contributed by atoms with Crippen molar-refractivity contribution in [3.8, 4) is 0 Å². The van der Waals surface area contributed by atoms with Crippen LogP contribution in [0.1, 0.15) is 20.3 Å². The van der Waals surface area contributed by atoms with Gasteiger partial charge in [-0.25, -0.2) is 9.18 Å². The van der Waals surface area contributed by atoms with Crippen LogP contribution in [0.2, 0.25) is 0 Å². The minimum Gasteiger partial charge on any atom is -0.308 e. The SMILES string of the molecule is CC[C@@H](C)Sc1nnc(NC(=O)Nc2ccc(F)cc2)s1. The van der Waals surface area contributed by atoms with Gasteiger partial charge >= 0.3 is 6.03 Å². The van der Waals surface area contributed by atoms with Crippen LogP contribution in [0.15, 0.2) is 28.6 Å². The number of rotatable bonds is 5. The van der Waals surface area contributed by atoms with Crippen molar-refractivity contribution >= 4 is 39.9 Å². The zero-order chi connectivity index (χ0) is 15.2. The van der Waals surface area contributed by atoms with Crippen molar-refractivity contribution in [1.82, 2.24) is 10.2 Å². The van der Waals surface area contributed by atoms with Crippen LogP contribution in [-0.2, 0) is 0 Å². The van der Waals surface area contributed by atoms with Gasteiger partial charge in [-0.05, 0) is 30.7 Å². The van der Waals surface area contributed by atoms with Crippen LogP contribution >= 0.6 is 23.1 Å². The maximum atomic E-state index is 12.8. The van der Waals surface area contributed by atoms with Crippen LogP contribution in [0.3, 0.4) is 0 Å². The molecule has 0 unspecified atom stereocenters. The first-order chi connectivity index (χ1) is 10.1. The third-order valence-electron chi connectivity index (χ3n) is 2.61. The lowest BCUT2D eigenvalue weighted by atomic mass is 10.3. The molecule has 112 valence electrons. The van der Waals surface area contributed by atoms with E-state index in [1.165, 1.54) is 35.6 Å². The molecule has 0 spiro atoms. The molecular formula is C13H15FN4OS2. The topological polar surface area (TPSA) is 66.9 Å². The maximum Gasteiger partial charge on any atom is 0.325 e. The zero-order valence-corrected chi connectivity index (χ0v) is 13.2. The summed E-state index contributed by atoms with van der Waals surface area (Å²) in [7, 11) is 0. The number of amides is 2. The average Bonchev–Trinajstić information content (AvgIpc) is 2.88. The maximum absolute atomic E-state index is 12.8. The van der Waals surface area contributed by atoms with Gasteiger partial charge in [0, 0.05) is 10.9 Å². The highest BCUT2D eigenvalue weighted by Gasteiger charge is 2.11. The van der Waals surface area contributed by atoms with Crippen molar-refractivity contribution in [2.24, 2.45) is 0 Å². The molecule has 2 aromatic rings. The molecule has 1 aromatic heterocycles. The third-order valence-corrected chi connectivity index (χ3v) is 4.80. The van der Waals surface area contributed by atoms with E-state index in [2.05, 4.69) is 34.7 Å². The number of nitrogens with one attached hydrogen (secondary N) is 2. The Labute approximate surface area is 130 Å². The van der Waals surface area contributed by atoms with Crippen molar-refractivity contribution in [2.75, 3.05) is 10.6 Å². The molecule has 0 fully saturated rings. The molecule has 0 saturated heterocycles. The largest absolute Gasteiger partial charge is 0.325 e. The van der Waals surface area contributed by atoms with Crippen molar-refractivity contribution in [3.63, 3.8) is 0 Å². The average molecular weight is 326 g/mol. The van der Waals surface area contributed by atoms with Gasteiger partial charge in [0.2, 0.25) is 5.13 Å². The Morgan fingerprint density at radius 3 is 2.71 bits per heavy atom. The number of hydrogen-bond acceptors (Lipinski definition) is 5. The van der Waals surface area contributed by atoms with Gasteiger partial charge in [-0.2, -0.15) is 0 Å². The Morgan fingerprint density at radius 1 is 1.33 bits per heavy atom. The van der Waals surface area contributed by atoms with E-state index >= 15 is 0 Å².